The van der Waals surface area contributed by atoms with Crippen LogP contribution in [0.25, 0.3) is 0 Å². The van der Waals surface area contributed by atoms with Crippen LogP contribution in [0, 0.1) is 11.6 Å². The molecule has 2 aromatic carbocycles. The van der Waals surface area contributed by atoms with Gasteiger partial charge in [-0.1, -0.05) is 24.3 Å². The molecular formula is C14H7F2O3-. The summed E-state index contributed by atoms with van der Waals surface area (Å²) in [5.41, 5.74) is -1.13. The number of ketones is 1. The molecule has 2 rings (SSSR count). The van der Waals surface area contributed by atoms with Crippen LogP contribution in [-0.4, -0.2) is 11.8 Å². The summed E-state index contributed by atoms with van der Waals surface area (Å²) in [4.78, 5) is 22.9. The molecule has 0 atom stereocenters. The molecule has 19 heavy (non-hydrogen) atoms. The molecule has 0 saturated carbocycles. The third kappa shape index (κ3) is 2.49. The maximum Gasteiger partial charge on any atom is 0.196 e. The van der Waals surface area contributed by atoms with Gasteiger partial charge in [-0.3, -0.25) is 4.79 Å². The maximum absolute atomic E-state index is 13.5. The van der Waals surface area contributed by atoms with E-state index in [9.17, 15) is 23.5 Å². The van der Waals surface area contributed by atoms with Crippen molar-refractivity contribution >= 4 is 11.8 Å². The second-order valence-corrected chi connectivity index (χ2v) is 3.79. The molecule has 0 spiro atoms. The lowest BCUT2D eigenvalue weighted by molar-refractivity contribution is -0.255. The number of aromatic carboxylic acids is 1. The fourth-order valence-corrected chi connectivity index (χ4v) is 1.68. The Labute approximate surface area is 107 Å². The highest BCUT2D eigenvalue weighted by molar-refractivity contribution is 6.14. The summed E-state index contributed by atoms with van der Waals surface area (Å²) in [6.07, 6.45) is 0. The third-order valence-corrected chi connectivity index (χ3v) is 2.56. The first kappa shape index (κ1) is 12.9. The van der Waals surface area contributed by atoms with Gasteiger partial charge >= 0.3 is 0 Å². The summed E-state index contributed by atoms with van der Waals surface area (Å²) in [5.74, 6) is -4.16. The quantitative estimate of drug-likeness (QED) is 0.788. The van der Waals surface area contributed by atoms with E-state index in [0.717, 1.165) is 18.2 Å². The minimum atomic E-state index is -1.55. The van der Waals surface area contributed by atoms with Crippen LogP contribution in [0.5, 0.6) is 0 Å². The molecule has 0 N–H and O–H groups in total. The number of hydrogen-bond acceptors (Lipinski definition) is 3. The van der Waals surface area contributed by atoms with Crippen LogP contribution in [0.15, 0.2) is 42.5 Å². The van der Waals surface area contributed by atoms with Gasteiger partial charge in [-0.2, -0.15) is 0 Å². The number of carbonyl (C=O) groups excluding carboxylic acids is 2. The Morgan fingerprint density at radius 1 is 0.895 bits per heavy atom. The molecule has 3 nitrogen and oxygen atoms in total. The van der Waals surface area contributed by atoms with E-state index in [0.29, 0.717) is 0 Å². The van der Waals surface area contributed by atoms with Gasteiger partial charge in [-0.05, 0) is 18.2 Å². The van der Waals surface area contributed by atoms with Crippen LogP contribution in [-0.2, 0) is 0 Å². The molecule has 0 aliphatic heterocycles. The third-order valence-electron chi connectivity index (χ3n) is 2.56. The van der Waals surface area contributed by atoms with E-state index in [1.807, 2.05) is 0 Å². The van der Waals surface area contributed by atoms with E-state index in [1.165, 1.54) is 24.3 Å². The summed E-state index contributed by atoms with van der Waals surface area (Å²) in [6, 6.07) is 7.63. The Bertz CT molecular complexity index is 665. The Morgan fingerprint density at radius 2 is 1.53 bits per heavy atom. The van der Waals surface area contributed by atoms with Crippen molar-refractivity contribution < 1.29 is 23.5 Å². The van der Waals surface area contributed by atoms with Gasteiger partial charge < -0.3 is 9.90 Å². The van der Waals surface area contributed by atoms with Gasteiger partial charge in [0.2, 0.25) is 0 Å². The minimum Gasteiger partial charge on any atom is -0.545 e. The Balaban J connectivity index is 2.56. The monoisotopic (exact) mass is 261 g/mol. The van der Waals surface area contributed by atoms with E-state index in [2.05, 4.69) is 0 Å². The molecule has 96 valence electrons. The largest absolute Gasteiger partial charge is 0.545 e. The predicted octanol–water partition coefficient (Wildman–Crippen LogP) is 1.56. The molecule has 0 heterocycles. The van der Waals surface area contributed by atoms with E-state index >= 15 is 0 Å². The van der Waals surface area contributed by atoms with Crippen molar-refractivity contribution in [3.63, 3.8) is 0 Å². The van der Waals surface area contributed by atoms with Crippen LogP contribution in [0.3, 0.4) is 0 Å². The van der Waals surface area contributed by atoms with E-state index in [4.69, 9.17) is 0 Å². The van der Waals surface area contributed by atoms with Gasteiger partial charge in [0.25, 0.3) is 0 Å². The number of carboxylic acids is 1. The summed E-state index contributed by atoms with van der Waals surface area (Å²) in [5, 5.41) is 10.9. The smallest absolute Gasteiger partial charge is 0.196 e. The van der Waals surface area contributed by atoms with Crippen LogP contribution >= 0.6 is 0 Å². The van der Waals surface area contributed by atoms with Gasteiger partial charge in [-0.25, -0.2) is 8.78 Å². The minimum absolute atomic E-state index is 0.244. The Kier molecular flexibility index (Phi) is 3.37. The standard InChI is InChI=1S/C14H8F2O3/c15-8-5-6-12(16)11(7-8)13(17)9-3-1-2-4-10(9)14(18)19/h1-7H,(H,18,19)/p-1. The van der Waals surface area contributed by atoms with Gasteiger partial charge in [0.1, 0.15) is 11.6 Å². The van der Waals surface area contributed by atoms with Crippen molar-refractivity contribution in [3.8, 4) is 0 Å². The average Bonchev–Trinajstić information content (AvgIpc) is 2.40. The number of hydrogen-bond donors (Lipinski definition) is 0. The van der Waals surface area contributed by atoms with Crippen LogP contribution in [0.1, 0.15) is 26.3 Å². The van der Waals surface area contributed by atoms with Crippen molar-refractivity contribution in [1.29, 1.82) is 0 Å². The van der Waals surface area contributed by atoms with Crippen LogP contribution < -0.4 is 5.11 Å². The van der Waals surface area contributed by atoms with Crippen molar-refractivity contribution in [3.05, 3.63) is 70.8 Å². The van der Waals surface area contributed by atoms with Crippen LogP contribution in [0.4, 0.5) is 8.78 Å². The van der Waals surface area contributed by atoms with Crippen molar-refractivity contribution in [2.24, 2.45) is 0 Å². The Morgan fingerprint density at radius 3 is 2.16 bits per heavy atom. The molecule has 0 aliphatic carbocycles. The van der Waals surface area contributed by atoms with Gasteiger partial charge in [0.15, 0.2) is 5.78 Å². The molecule has 0 radical (unpaired) electrons. The molecule has 0 saturated heterocycles. The van der Waals surface area contributed by atoms with Gasteiger partial charge in [0, 0.05) is 11.1 Å². The number of carbonyl (C=O) groups is 2. The zero-order chi connectivity index (χ0) is 14.0. The van der Waals surface area contributed by atoms with Crippen molar-refractivity contribution in [2.75, 3.05) is 0 Å². The highest BCUT2D eigenvalue weighted by Crippen LogP contribution is 2.17. The summed E-state index contributed by atoms with van der Waals surface area (Å²) < 4.78 is 26.5. The lowest BCUT2D eigenvalue weighted by atomic mass is 9.98. The summed E-state index contributed by atoms with van der Waals surface area (Å²) in [7, 11) is 0. The van der Waals surface area contributed by atoms with E-state index in [1.54, 1.807) is 0 Å². The lowest BCUT2D eigenvalue weighted by Gasteiger charge is -2.09. The predicted molar refractivity (Wildman–Crippen MR) is 60.6 cm³/mol. The molecule has 0 bridgehead atoms. The molecule has 2 aromatic rings. The fourth-order valence-electron chi connectivity index (χ4n) is 1.68. The first-order valence-corrected chi connectivity index (χ1v) is 5.31. The zero-order valence-corrected chi connectivity index (χ0v) is 9.52. The first-order chi connectivity index (χ1) is 9.00. The SMILES string of the molecule is O=C([O-])c1ccccc1C(=O)c1cc(F)ccc1F. The summed E-state index contributed by atoms with van der Waals surface area (Å²) >= 11 is 0. The van der Waals surface area contributed by atoms with Gasteiger partial charge in [0.05, 0.1) is 11.5 Å². The van der Waals surface area contributed by atoms with Crippen LogP contribution in [0.2, 0.25) is 0 Å². The molecule has 5 heteroatoms. The molecular weight excluding hydrogens is 254 g/mol. The number of carboxylic acid groups (broad SMARTS) is 1. The zero-order valence-electron chi connectivity index (χ0n) is 9.52. The highest BCUT2D eigenvalue weighted by Gasteiger charge is 2.18. The molecule has 0 aromatic heterocycles. The van der Waals surface area contributed by atoms with Crippen molar-refractivity contribution in [1.82, 2.24) is 0 Å². The van der Waals surface area contributed by atoms with Gasteiger partial charge in [-0.15, -0.1) is 0 Å². The Hall–Kier alpha value is -2.56. The number of benzene rings is 2. The average molecular weight is 261 g/mol. The highest BCUT2D eigenvalue weighted by atomic mass is 19.1. The fraction of sp³-hybridized carbons (Fsp3) is 0. The molecule has 0 aliphatic rings. The van der Waals surface area contributed by atoms with Crippen molar-refractivity contribution in [2.45, 2.75) is 0 Å². The second-order valence-electron chi connectivity index (χ2n) is 3.79. The number of rotatable bonds is 3. The second kappa shape index (κ2) is 4.97. The normalized spacial score (nSPS) is 10.2. The van der Waals surface area contributed by atoms with E-state index in [-0.39, 0.29) is 11.1 Å². The first-order valence-electron chi connectivity index (χ1n) is 5.31. The topological polar surface area (TPSA) is 57.2 Å². The molecule has 0 unspecified atom stereocenters. The van der Waals surface area contributed by atoms with E-state index < -0.39 is 29.0 Å². The molecule has 0 fully saturated rings. The summed E-state index contributed by atoms with van der Waals surface area (Å²) in [6.45, 7) is 0. The number of halogens is 2. The lowest BCUT2D eigenvalue weighted by Crippen LogP contribution is -2.25. The maximum atomic E-state index is 13.5. The molecule has 0 amide bonds.